The van der Waals surface area contributed by atoms with Crippen molar-refractivity contribution in [2.24, 2.45) is 0 Å². The smallest absolute Gasteiger partial charge is 0.317 e. The van der Waals surface area contributed by atoms with Crippen LogP contribution in [0.3, 0.4) is 0 Å². The van der Waals surface area contributed by atoms with Crippen LogP contribution in [0, 0.1) is 0 Å². The summed E-state index contributed by atoms with van der Waals surface area (Å²) in [6.07, 6.45) is 4.77. The van der Waals surface area contributed by atoms with E-state index in [4.69, 9.17) is 4.74 Å². The summed E-state index contributed by atoms with van der Waals surface area (Å²) in [6, 6.07) is 8.43. The summed E-state index contributed by atoms with van der Waals surface area (Å²) in [4.78, 5) is 17.4. The largest absolute Gasteiger partial charge is 0.377 e. The Morgan fingerprint density at radius 1 is 1.43 bits per heavy atom. The van der Waals surface area contributed by atoms with Crippen LogP contribution in [0.25, 0.3) is 10.9 Å². The van der Waals surface area contributed by atoms with Crippen LogP contribution >= 0.6 is 0 Å². The number of benzene rings is 1. The number of aromatic amines is 1. The zero-order valence-electron chi connectivity index (χ0n) is 13.9. The number of hydrogen-bond donors (Lipinski definition) is 2. The molecule has 1 aromatic carbocycles. The first-order valence-corrected chi connectivity index (χ1v) is 8.24. The molecule has 1 fully saturated rings. The van der Waals surface area contributed by atoms with Crippen molar-refractivity contribution in [3.05, 3.63) is 36.0 Å². The molecule has 2 aromatic rings. The van der Waals surface area contributed by atoms with E-state index in [1.807, 2.05) is 11.1 Å². The average Bonchev–Trinajstić information content (AvgIpc) is 3.02. The van der Waals surface area contributed by atoms with E-state index >= 15 is 0 Å². The molecule has 0 saturated carbocycles. The quantitative estimate of drug-likeness (QED) is 0.911. The van der Waals surface area contributed by atoms with Gasteiger partial charge in [-0.15, -0.1) is 0 Å². The van der Waals surface area contributed by atoms with Crippen LogP contribution in [0.4, 0.5) is 4.79 Å². The number of methoxy groups -OCH3 is 1. The molecule has 0 spiro atoms. The molecule has 3 rings (SSSR count). The summed E-state index contributed by atoms with van der Waals surface area (Å²) < 4.78 is 5.54. The first kappa shape index (κ1) is 15.9. The molecule has 2 N–H and O–H groups in total. The van der Waals surface area contributed by atoms with Gasteiger partial charge in [0, 0.05) is 31.9 Å². The van der Waals surface area contributed by atoms with Crippen molar-refractivity contribution in [1.82, 2.24) is 15.2 Å². The topological polar surface area (TPSA) is 57.4 Å². The zero-order valence-corrected chi connectivity index (χ0v) is 13.9. The summed E-state index contributed by atoms with van der Waals surface area (Å²) >= 11 is 0. The van der Waals surface area contributed by atoms with Gasteiger partial charge in [0.05, 0.1) is 12.1 Å². The second kappa shape index (κ2) is 6.62. The number of ether oxygens (including phenoxy) is 1. The summed E-state index contributed by atoms with van der Waals surface area (Å²) in [5.41, 5.74) is 2.16. The highest BCUT2D eigenvalue weighted by atomic mass is 16.5. The van der Waals surface area contributed by atoms with Gasteiger partial charge < -0.3 is 19.9 Å². The Hall–Kier alpha value is -2.01. The van der Waals surface area contributed by atoms with Gasteiger partial charge in [-0.2, -0.15) is 0 Å². The van der Waals surface area contributed by atoms with Crippen LogP contribution in [0.5, 0.6) is 0 Å². The highest BCUT2D eigenvalue weighted by Gasteiger charge is 2.32. The third-order valence-electron chi connectivity index (χ3n) is 4.75. The van der Waals surface area contributed by atoms with Crippen LogP contribution in [-0.2, 0) is 11.2 Å². The lowest BCUT2D eigenvalue weighted by Gasteiger charge is -2.39. The highest BCUT2D eigenvalue weighted by molar-refractivity contribution is 5.80. The minimum absolute atomic E-state index is 0.00991. The van der Waals surface area contributed by atoms with E-state index in [9.17, 15) is 4.79 Å². The Balaban J connectivity index is 1.50. The molecule has 2 heterocycles. The van der Waals surface area contributed by atoms with E-state index in [2.05, 4.69) is 41.5 Å². The van der Waals surface area contributed by atoms with Gasteiger partial charge >= 0.3 is 6.03 Å². The summed E-state index contributed by atoms with van der Waals surface area (Å²) in [5.74, 6) is 0. The van der Waals surface area contributed by atoms with E-state index in [-0.39, 0.29) is 11.6 Å². The van der Waals surface area contributed by atoms with Gasteiger partial charge in [-0.25, -0.2) is 4.79 Å². The molecular formula is C18H25N3O2. The highest BCUT2D eigenvalue weighted by Crippen LogP contribution is 2.23. The van der Waals surface area contributed by atoms with Crippen LogP contribution < -0.4 is 5.32 Å². The Morgan fingerprint density at radius 2 is 2.30 bits per heavy atom. The van der Waals surface area contributed by atoms with E-state index in [0.29, 0.717) is 13.1 Å². The number of carbonyl (C=O) groups is 1. The van der Waals surface area contributed by atoms with Crippen LogP contribution in [0.15, 0.2) is 30.5 Å². The summed E-state index contributed by atoms with van der Waals surface area (Å²) in [5, 5.41) is 4.24. The van der Waals surface area contributed by atoms with Crippen molar-refractivity contribution < 1.29 is 9.53 Å². The van der Waals surface area contributed by atoms with Crippen molar-refractivity contribution in [1.29, 1.82) is 0 Å². The van der Waals surface area contributed by atoms with Gasteiger partial charge in [0.15, 0.2) is 0 Å². The van der Waals surface area contributed by atoms with Crippen molar-refractivity contribution in [3.8, 4) is 0 Å². The minimum atomic E-state index is -0.213. The lowest BCUT2D eigenvalue weighted by Crippen LogP contribution is -2.52. The molecular weight excluding hydrogens is 290 g/mol. The zero-order chi connectivity index (χ0) is 16.3. The number of nitrogens with one attached hydrogen (secondary N) is 2. The predicted octanol–water partition coefficient (Wildman–Crippen LogP) is 2.92. The number of rotatable bonds is 4. The van der Waals surface area contributed by atoms with Crippen molar-refractivity contribution >= 4 is 16.9 Å². The summed E-state index contributed by atoms with van der Waals surface area (Å²) in [6.45, 7) is 4.18. The number of fused-ring (bicyclic) bond motifs is 1. The molecule has 1 unspecified atom stereocenters. The molecule has 0 bridgehead atoms. The molecule has 0 aliphatic carbocycles. The molecule has 1 atom stereocenters. The molecule has 5 heteroatoms. The third-order valence-corrected chi connectivity index (χ3v) is 4.75. The second-order valence-electron chi connectivity index (χ2n) is 6.56. The Morgan fingerprint density at radius 3 is 3.13 bits per heavy atom. The third kappa shape index (κ3) is 3.67. The van der Waals surface area contributed by atoms with E-state index in [1.165, 1.54) is 10.9 Å². The molecule has 1 saturated heterocycles. The fourth-order valence-corrected chi connectivity index (χ4v) is 3.23. The molecule has 1 aliphatic rings. The van der Waals surface area contributed by atoms with Gasteiger partial charge in [-0.1, -0.05) is 6.07 Å². The SMILES string of the molecule is COC1(C)CCCN(C(=O)NCCc2ccc3[nH]ccc3c2)C1. The number of likely N-dealkylation sites (tertiary alicyclic amines) is 1. The van der Waals surface area contributed by atoms with E-state index in [1.54, 1.807) is 7.11 Å². The Bertz CT molecular complexity index is 682. The molecule has 5 nitrogen and oxygen atoms in total. The number of nitrogens with zero attached hydrogens (tertiary/aromatic N) is 1. The fourth-order valence-electron chi connectivity index (χ4n) is 3.23. The normalized spacial score (nSPS) is 21.6. The molecule has 23 heavy (non-hydrogen) atoms. The maximum absolute atomic E-state index is 12.3. The Kier molecular flexibility index (Phi) is 4.57. The number of urea groups is 1. The maximum atomic E-state index is 12.3. The van der Waals surface area contributed by atoms with Crippen LogP contribution in [0.2, 0.25) is 0 Å². The van der Waals surface area contributed by atoms with Crippen LogP contribution in [0.1, 0.15) is 25.3 Å². The average molecular weight is 315 g/mol. The standard InChI is InChI=1S/C18H25N3O2/c1-18(23-2)8-3-11-21(13-18)17(22)20-9-6-14-4-5-16-15(12-14)7-10-19-16/h4-5,7,10,12,19H,3,6,8-9,11,13H2,1-2H3,(H,20,22). The lowest BCUT2D eigenvalue weighted by atomic mass is 9.95. The lowest BCUT2D eigenvalue weighted by molar-refractivity contribution is -0.0401. The van der Waals surface area contributed by atoms with Gasteiger partial charge in [0.25, 0.3) is 0 Å². The number of H-pyrrole nitrogens is 1. The van der Waals surface area contributed by atoms with Gasteiger partial charge in [-0.3, -0.25) is 0 Å². The second-order valence-corrected chi connectivity index (χ2v) is 6.56. The van der Waals surface area contributed by atoms with E-state index in [0.717, 1.165) is 31.3 Å². The van der Waals surface area contributed by atoms with E-state index < -0.39 is 0 Å². The van der Waals surface area contributed by atoms with Gasteiger partial charge in [0.2, 0.25) is 0 Å². The van der Waals surface area contributed by atoms with Gasteiger partial charge in [0.1, 0.15) is 0 Å². The number of aromatic nitrogens is 1. The predicted molar refractivity (Wildman–Crippen MR) is 91.6 cm³/mol. The van der Waals surface area contributed by atoms with Gasteiger partial charge in [-0.05, 0) is 55.3 Å². The number of carbonyl (C=O) groups excluding carboxylic acids is 1. The van der Waals surface area contributed by atoms with Crippen molar-refractivity contribution in [3.63, 3.8) is 0 Å². The number of amides is 2. The molecule has 2 amide bonds. The number of hydrogen-bond acceptors (Lipinski definition) is 2. The monoisotopic (exact) mass is 315 g/mol. The summed E-state index contributed by atoms with van der Waals surface area (Å²) in [7, 11) is 1.72. The molecule has 0 radical (unpaired) electrons. The Labute approximate surface area is 137 Å². The first-order valence-electron chi connectivity index (χ1n) is 8.24. The molecule has 124 valence electrons. The fraction of sp³-hybridized carbons (Fsp3) is 0.500. The minimum Gasteiger partial charge on any atom is -0.377 e. The van der Waals surface area contributed by atoms with Crippen molar-refractivity contribution in [2.75, 3.05) is 26.7 Å². The van der Waals surface area contributed by atoms with Crippen LogP contribution in [-0.4, -0.2) is 48.3 Å². The first-order chi connectivity index (χ1) is 11.1. The molecule has 1 aliphatic heterocycles. The number of piperidine rings is 1. The molecule has 1 aromatic heterocycles. The maximum Gasteiger partial charge on any atom is 0.317 e. The van der Waals surface area contributed by atoms with Crippen molar-refractivity contribution in [2.45, 2.75) is 31.8 Å².